The van der Waals surface area contributed by atoms with Gasteiger partial charge in [-0.3, -0.25) is 4.79 Å². The molecular formula is C19H20F3NO4. The lowest BCUT2D eigenvalue weighted by Gasteiger charge is -2.20. The molecule has 27 heavy (non-hydrogen) atoms. The van der Waals surface area contributed by atoms with Crippen molar-refractivity contribution in [3.8, 4) is 0 Å². The molecule has 1 aromatic carbocycles. The highest BCUT2D eigenvalue weighted by Gasteiger charge is 2.30. The van der Waals surface area contributed by atoms with Crippen molar-refractivity contribution >= 4 is 11.9 Å². The summed E-state index contributed by atoms with van der Waals surface area (Å²) >= 11 is 0. The summed E-state index contributed by atoms with van der Waals surface area (Å²) < 4.78 is 43.1. The van der Waals surface area contributed by atoms with Crippen molar-refractivity contribution in [2.45, 2.75) is 33.0 Å². The van der Waals surface area contributed by atoms with Gasteiger partial charge in [0.15, 0.2) is 0 Å². The molecule has 0 saturated heterocycles. The van der Waals surface area contributed by atoms with Crippen molar-refractivity contribution in [3.05, 3.63) is 58.5 Å². The molecule has 1 amide bonds. The van der Waals surface area contributed by atoms with Gasteiger partial charge in [0.05, 0.1) is 12.1 Å². The van der Waals surface area contributed by atoms with Crippen molar-refractivity contribution in [1.29, 1.82) is 0 Å². The van der Waals surface area contributed by atoms with E-state index in [-0.39, 0.29) is 23.8 Å². The zero-order valence-electron chi connectivity index (χ0n) is 15.1. The fourth-order valence-corrected chi connectivity index (χ4v) is 2.79. The number of aryl methyl sites for hydroxylation is 1. The predicted octanol–water partition coefficient (Wildman–Crippen LogP) is 4.14. The third-order valence-electron chi connectivity index (χ3n) is 4.21. The monoisotopic (exact) mass is 383 g/mol. The Balaban J connectivity index is 1.99. The molecule has 0 saturated carbocycles. The second-order valence-corrected chi connectivity index (χ2v) is 6.48. The molecule has 1 unspecified atom stereocenters. The molecular weight excluding hydrogens is 363 g/mol. The van der Waals surface area contributed by atoms with Crippen LogP contribution in [0.25, 0.3) is 0 Å². The van der Waals surface area contributed by atoms with Crippen LogP contribution in [-0.4, -0.2) is 28.9 Å². The molecule has 0 bridgehead atoms. The number of furan rings is 1. The molecule has 1 N–H and O–H groups in total. The first-order chi connectivity index (χ1) is 12.5. The van der Waals surface area contributed by atoms with E-state index in [1.165, 1.54) is 30.0 Å². The van der Waals surface area contributed by atoms with Gasteiger partial charge in [-0.2, -0.15) is 13.2 Å². The number of carboxylic acids is 1. The Morgan fingerprint density at radius 3 is 2.30 bits per heavy atom. The number of hydrogen-bond acceptors (Lipinski definition) is 3. The van der Waals surface area contributed by atoms with Crippen LogP contribution in [0.15, 0.2) is 34.7 Å². The largest absolute Gasteiger partial charge is 0.478 e. The van der Waals surface area contributed by atoms with Gasteiger partial charge in [-0.15, -0.1) is 0 Å². The summed E-state index contributed by atoms with van der Waals surface area (Å²) in [6.07, 6.45) is -4.10. The van der Waals surface area contributed by atoms with Crippen LogP contribution in [-0.2, 0) is 23.9 Å². The minimum Gasteiger partial charge on any atom is -0.478 e. The lowest BCUT2D eigenvalue weighted by Crippen LogP contribution is -2.32. The Morgan fingerprint density at radius 2 is 1.81 bits per heavy atom. The Labute approximate surface area is 154 Å². The van der Waals surface area contributed by atoms with E-state index in [2.05, 4.69) is 0 Å². The van der Waals surface area contributed by atoms with E-state index in [9.17, 15) is 22.8 Å². The smallest absolute Gasteiger partial charge is 0.416 e. The average molecular weight is 383 g/mol. The first-order valence-electron chi connectivity index (χ1n) is 8.22. The standard InChI is InChI=1S/C19H20F3NO4/c1-11(8-13-4-6-14(7-5-13)19(20,21)22)17(24)23(3)10-15-9-16(18(25)26)12(2)27-15/h4-7,9,11H,8,10H2,1-3H3,(H,25,26). The maximum absolute atomic E-state index is 12.6. The highest BCUT2D eigenvalue weighted by atomic mass is 19.4. The molecule has 1 atom stereocenters. The number of aromatic carboxylic acids is 1. The number of amides is 1. The fraction of sp³-hybridized carbons (Fsp3) is 0.368. The molecule has 0 fully saturated rings. The van der Waals surface area contributed by atoms with Crippen molar-refractivity contribution in [2.75, 3.05) is 7.05 Å². The van der Waals surface area contributed by atoms with Gasteiger partial charge in [0.25, 0.3) is 0 Å². The first kappa shape index (κ1) is 20.5. The molecule has 0 spiro atoms. The van der Waals surface area contributed by atoms with Crippen molar-refractivity contribution in [3.63, 3.8) is 0 Å². The van der Waals surface area contributed by atoms with E-state index in [0.717, 1.165) is 12.1 Å². The number of carbonyl (C=O) groups excluding carboxylic acids is 1. The van der Waals surface area contributed by atoms with Gasteiger partial charge in [0.2, 0.25) is 5.91 Å². The molecule has 8 heteroatoms. The Hall–Kier alpha value is -2.77. The Kier molecular flexibility index (Phi) is 5.98. The van der Waals surface area contributed by atoms with Crippen LogP contribution in [0.1, 0.15) is 39.9 Å². The summed E-state index contributed by atoms with van der Waals surface area (Å²) in [5.41, 5.74) is -0.0623. The van der Waals surface area contributed by atoms with Crippen LogP contribution in [0, 0.1) is 12.8 Å². The second kappa shape index (κ2) is 7.85. The highest BCUT2D eigenvalue weighted by molar-refractivity contribution is 5.88. The number of rotatable bonds is 6. The third kappa shape index (κ3) is 5.12. The van der Waals surface area contributed by atoms with Gasteiger partial charge in [0.1, 0.15) is 17.1 Å². The SMILES string of the molecule is Cc1oc(CN(C)C(=O)C(C)Cc2ccc(C(F)(F)F)cc2)cc1C(=O)O. The van der Waals surface area contributed by atoms with Gasteiger partial charge in [-0.05, 0) is 37.1 Å². The van der Waals surface area contributed by atoms with Crippen LogP contribution in [0.4, 0.5) is 13.2 Å². The number of hydrogen-bond donors (Lipinski definition) is 1. The molecule has 146 valence electrons. The molecule has 1 heterocycles. The molecule has 5 nitrogen and oxygen atoms in total. The summed E-state index contributed by atoms with van der Waals surface area (Å²) in [6, 6.07) is 6.09. The summed E-state index contributed by atoms with van der Waals surface area (Å²) in [4.78, 5) is 24.9. The minimum absolute atomic E-state index is 0.0450. The number of alkyl halides is 3. The maximum atomic E-state index is 12.6. The molecule has 0 aliphatic rings. The van der Waals surface area contributed by atoms with E-state index in [1.54, 1.807) is 14.0 Å². The van der Waals surface area contributed by atoms with Gasteiger partial charge < -0.3 is 14.4 Å². The normalized spacial score (nSPS) is 12.7. The van der Waals surface area contributed by atoms with E-state index < -0.39 is 23.6 Å². The van der Waals surface area contributed by atoms with Gasteiger partial charge in [0, 0.05) is 13.0 Å². The molecule has 0 radical (unpaired) electrons. The van der Waals surface area contributed by atoms with Crippen molar-refractivity contribution in [1.82, 2.24) is 4.90 Å². The quantitative estimate of drug-likeness (QED) is 0.814. The highest BCUT2D eigenvalue weighted by Crippen LogP contribution is 2.29. The van der Waals surface area contributed by atoms with Crippen LogP contribution in [0.3, 0.4) is 0 Å². The number of nitrogens with zero attached hydrogens (tertiary/aromatic N) is 1. The summed E-state index contributed by atoms with van der Waals surface area (Å²) in [5, 5.41) is 9.03. The van der Waals surface area contributed by atoms with E-state index >= 15 is 0 Å². The van der Waals surface area contributed by atoms with E-state index in [1.807, 2.05) is 0 Å². The third-order valence-corrected chi connectivity index (χ3v) is 4.21. The Morgan fingerprint density at radius 1 is 1.22 bits per heavy atom. The zero-order chi connectivity index (χ0) is 20.4. The lowest BCUT2D eigenvalue weighted by atomic mass is 9.99. The maximum Gasteiger partial charge on any atom is 0.416 e. The van der Waals surface area contributed by atoms with Crippen molar-refractivity contribution in [2.24, 2.45) is 5.92 Å². The van der Waals surface area contributed by atoms with E-state index in [0.29, 0.717) is 17.7 Å². The lowest BCUT2D eigenvalue weighted by molar-refractivity contribution is -0.137. The summed E-state index contributed by atoms with van der Waals surface area (Å²) in [7, 11) is 1.56. The van der Waals surface area contributed by atoms with Gasteiger partial charge in [-0.1, -0.05) is 19.1 Å². The fourth-order valence-electron chi connectivity index (χ4n) is 2.79. The summed E-state index contributed by atoms with van der Waals surface area (Å²) in [6.45, 7) is 3.32. The first-order valence-corrected chi connectivity index (χ1v) is 8.22. The number of carboxylic acid groups (broad SMARTS) is 1. The Bertz CT molecular complexity index is 824. The molecule has 2 rings (SSSR count). The topological polar surface area (TPSA) is 70.8 Å². The predicted molar refractivity (Wildman–Crippen MR) is 91.2 cm³/mol. The van der Waals surface area contributed by atoms with E-state index in [4.69, 9.17) is 9.52 Å². The molecule has 2 aromatic rings. The van der Waals surface area contributed by atoms with Gasteiger partial charge in [-0.25, -0.2) is 4.79 Å². The number of halogens is 3. The van der Waals surface area contributed by atoms with Crippen molar-refractivity contribution < 1.29 is 32.3 Å². The zero-order valence-corrected chi connectivity index (χ0v) is 15.1. The second-order valence-electron chi connectivity index (χ2n) is 6.48. The average Bonchev–Trinajstić information content (AvgIpc) is 2.94. The van der Waals surface area contributed by atoms with Crippen LogP contribution >= 0.6 is 0 Å². The summed E-state index contributed by atoms with van der Waals surface area (Å²) in [5.74, 6) is -1.17. The van der Waals surface area contributed by atoms with Crippen LogP contribution in [0.5, 0.6) is 0 Å². The molecule has 0 aliphatic heterocycles. The van der Waals surface area contributed by atoms with Crippen LogP contribution < -0.4 is 0 Å². The molecule has 0 aliphatic carbocycles. The van der Waals surface area contributed by atoms with Gasteiger partial charge >= 0.3 is 12.1 Å². The number of benzene rings is 1. The van der Waals surface area contributed by atoms with Crippen LogP contribution in [0.2, 0.25) is 0 Å². The number of carbonyl (C=O) groups is 2. The minimum atomic E-state index is -4.39. The molecule has 1 aromatic heterocycles.